The molecule has 1 rings (SSSR count). The van der Waals surface area contributed by atoms with Crippen molar-refractivity contribution in [3.63, 3.8) is 0 Å². The molecule has 0 bridgehead atoms. The number of aromatic nitrogens is 2. The molecule has 0 aliphatic carbocycles. The minimum Gasteiger partial charge on any atom is -0.383 e. The van der Waals surface area contributed by atoms with Gasteiger partial charge in [0.05, 0.1) is 6.61 Å². The van der Waals surface area contributed by atoms with Crippen LogP contribution in [0.3, 0.4) is 0 Å². The van der Waals surface area contributed by atoms with Crippen molar-refractivity contribution < 1.29 is 4.74 Å². The van der Waals surface area contributed by atoms with E-state index in [1.54, 1.807) is 7.11 Å². The topological polar surface area (TPSA) is 50.3 Å². The molecule has 1 aromatic rings. The van der Waals surface area contributed by atoms with Crippen LogP contribution in [0, 0.1) is 5.41 Å². The minimum absolute atomic E-state index is 0.193. The number of hydrogen-bond acceptors (Lipinski definition) is 5. The molecule has 5 nitrogen and oxygen atoms in total. The normalized spacial score (nSPS) is 13.3. The lowest BCUT2D eigenvalue weighted by Gasteiger charge is -2.35. The van der Waals surface area contributed by atoms with Gasteiger partial charge in [0.2, 0.25) is 5.95 Å². The van der Waals surface area contributed by atoms with Gasteiger partial charge < -0.3 is 15.0 Å². The Kier molecular flexibility index (Phi) is 6.36. The summed E-state index contributed by atoms with van der Waals surface area (Å²) >= 11 is 0. The van der Waals surface area contributed by atoms with Crippen LogP contribution in [-0.2, 0) is 11.3 Å². The van der Waals surface area contributed by atoms with Gasteiger partial charge in [-0.15, -0.1) is 0 Å². The predicted molar refractivity (Wildman–Crippen MR) is 82.9 cm³/mol. The van der Waals surface area contributed by atoms with E-state index in [0.29, 0.717) is 12.6 Å². The molecule has 0 amide bonds. The first-order chi connectivity index (χ1) is 9.36. The van der Waals surface area contributed by atoms with E-state index < -0.39 is 0 Å². The summed E-state index contributed by atoms with van der Waals surface area (Å²) < 4.78 is 4.99. The summed E-state index contributed by atoms with van der Waals surface area (Å²) in [4.78, 5) is 11.0. The van der Waals surface area contributed by atoms with Gasteiger partial charge in [-0.3, -0.25) is 0 Å². The molecule has 1 atom stereocenters. The second-order valence-corrected chi connectivity index (χ2v) is 6.21. The Balaban J connectivity index is 2.57. The van der Waals surface area contributed by atoms with Crippen molar-refractivity contribution in [2.75, 3.05) is 32.2 Å². The standard InChI is InChI=1S/C15H28N4O/c1-12(15(2,3)4)19(5)14-17-10-13(11-18-14)9-16-7-8-20-6/h10-12,16H,7-9H2,1-6H3. The van der Waals surface area contributed by atoms with E-state index >= 15 is 0 Å². The highest BCUT2D eigenvalue weighted by Crippen LogP contribution is 2.25. The minimum atomic E-state index is 0.193. The maximum atomic E-state index is 4.99. The lowest BCUT2D eigenvalue weighted by atomic mass is 9.87. The molecule has 5 heteroatoms. The number of hydrogen-bond donors (Lipinski definition) is 1. The maximum absolute atomic E-state index is 4.99. The summed E-state index contributed by atoms with van der Waals surface area (Å²) in [6.45, 7) is 11.2. The number of anilines is 1. The quantitative estimate of drug-likeness (QED) is 0.775. The monoisotopic (exact) mass is 280 g/mol. The van der Waals surface area contributed by atoms with Crippen molar-refractivity contribution in [1.82, 2.24) is 15.3 Å². The molecule has 1 N–H and O–H groups in total. The van der Waals surface area contributed by atoms with Gasteiger partial charge in [-0.25, -0.2) is 9.97 Å². The summed E-state index contributed by atoms with van der Waals surface area (Å²) in [5.41, 5.74) is 1.28. The van der Waals surface area contributed by atoms with Crippen LogP contribution >= 0.6 is 0 Å². The Hall–Kier alpha value is -1.20. The van der Waals surface area contributed by atoms with Crippen LogP contribution in [0.2, 0.25) is 0 Å². The average Bonchev–Trinajstić information content (AvgIpc) is 2.41. The Morgan fingerprint density at radius 2 is 1.90 bits per heavy atom. The van der Waals surface area contributed by atoms with E-state index in [0.717, 1.165) is 24.6 Å². The van der Waals surface area contributed by atoms with Crippen molar-refractivity contribution in [2.24, 2.45) is 5.41 Å². The Bertz CT molecular complexity index is 386. The van der Waals surface area contributed by atoms with E-state index in [4.69, 9.17) is 4.74 Å². The fourth-order valence-electron chi connectivity index (χ4n) is 1.78. The second-order valence-electron chi connectivity index (χ2n) is 6.21. The highest BCUT2D eigenvalue weighted by molar-refractivity contribution is 5.30. The first kappa shape index (κ1) is 16.9. The SMILES string of the molecule is COCCNCc1cnc(N(C)C(C)C(C)(C)C)nc1. The maximum Gasteiger partial charge on any atom is 0.225 e. The van der Waals surface area contributed by atoms with Gasteiger partial charge in [-0.1, -0.05) is 20.8 Å². The smallest absolute Gasteiger partial charge is 0.225 e. The van der Waals surface area contributed by atoms with Crippen molar-refractivity contribution in [3.8, 4) is 0 Å². The molecule has 0 saturated heterocycles. The highest BCUT2D eigenvalue weighted by Gasteiger charge is 2.25. The molecule has 114 valence electrons. The van der Waals surface area contributed by atoms with Gasteiger partial charge in [0.15, 0.2) is 0 Å². The Morgan fingerprint density at radius 1 is 1.30 bits per heavy atom. The van der Waals surface area contributed by atoms with Crippen LogP contribution in [0.1, 0.15) is 33.3 Å². The summed E-state index contributed by atoms with van der Waals surface area (Å²) in [7, 11) is 3.74. The summed E-state index contributed by atoms with van der Waals surface area (Å²) in [6, 6.07) is 0.369. The van der Waals surface area contributed by atoms with Gasteiger partial charge in [0, 0.05) is 51.2 Å². The fourth-order valence-corrected chi connectivity index (χ4v) is 1.78. The van der Waals surface area contributed by atoms with Crippen LogP contribution in [0.5, 0.6) is 0 Å². The van der Waals surface area contributed by atoms with Crippen molar-refractivity contribution in [3.05, 3.63) is 18.0 Å². The molecule has 1 heterocycles. The number of nitrogens with zero attached hydrogens (tertiary/aromatic N) is 3. The molecule has 20 heavy (non-hydrogen) atoms. The van der Waals surface area contributed by atoms with Crippen LogP contribution < -0.4 is 10.2 Å². The fraction of sp³-hybridized carbons (Fsp3) is 0.733. The lowest BCUT2D eigenvalue weighted by molar-refractivity contribution is 0.199. The second kappa shape index (κ2) is 7.55. The lowest BCUT2D eigenvalue weighted by Crippen LogP contribution is -2.40. The number of nitrogens with one attached hydrogen (secondary N) is 1. The summed E-state index contributed by atoms with van der Waals surface area (Å²) in [5, 5.41) is 3.28. The van der Waals surface area contributed by atoms with E-state index in [2.05, 4.69) is 47.9 Å². The highest BCUT2D eigenvalue weighted by atomic mass is 16.5. The number of methoxy groups -OCH3 is 1. The molecule has 0 radical (unpaired) electrons. The van der Waals surface area contributed by atoms with Gasteiger partial charge in [0.25, 0.3) is 0 Å². The van der Waals surface area contributed by atoms with Crippen molar-refractivity contribution in [1.29, 1.82) is 0 Å². The molecule has 0 aromatic carbocycles. The number of rotatable bonds is 7. The molecule has 0 aliphatic rings. The molecular weight excluding hydrogens is 252 g/mol. The zero-order valence-electron chi connectivity index (χ0n) is 13.6. The average molecular weight is 280 g/mol. The third kappa shape index (κ3) is 5.06. The molecule has 1 unspecified atom stereocenters. The molecule has 0 saturated carbocycles. The molecule has 1 aromatic heterocycles. The van der Waals surface area contributed by atoms with E-state index in [9.17, 15) is 0 Å². The number of ether oxygens (including phenoxy) is 1. The summed E-state index contributed by atoms with van der Waals surface area (Å²) in [6.07, 6.45) is 3.77. The molecule has 0 fully saturated rings. The van der Waals surface area contributed by atoms with Gasteiger partial charge in [-0.2, -0.15) is 0 Å². The van der Waals surface area contributed by atoms with Gasteiger partial charge >= 0.3 is 0 Å². The van der Waals surface area contributed by atoms with E-state index in [-0.39, 0.29) is 5.41 Å². The third-order valence-corrected chi connectivity index (χ3v) is 3.65. The van der Waals surface area contributed by atoms with E-state index in [1.165, 1.54) is 0 Å². The van der Waals surface area contributed by atoms with Crippen LogP contribution in [0.25, 0.3) is 0 Å². The van der Waals surface area contributed by atoms with Gasteiger partial charge in [0.1, 0.15) is 0 Å². The third-order valence-electron chi connectivity index (χ3n) is 3.65. The Morgan fingerprint density at radius 3 is 2.40 bits per heavy atom. The molecule has 0 aliphatic heterocycles. The zero-order valence-corrected chi connectivity index (χ0v) is 13.6. The van der Waals surface area contributed by atoms with Crippen molar-refractivity contribution in [2.45, 2.75) is 40.3 Å². The molecule has 0 spiro atoms. The van der Waals surface area contributed by atoms with Crippen LogP contribution in [0.4, 0.5) is 5.95 Å². The van der Waals surface area contributed by atoms with Gasteiger partial charge in [-0.05, 0) is 12.3 Å². The van der Waals surface area contributed by atoms with Crippen LogP contribution in [0.15, 0.2) is 12.4 Å². The predicted octanol–water partition coefficient (Wildman–Crippen LogP) is 2.08. The largest absolute Gasteiger partial charge is 0.383 e. The Labute approximate surface area is 122 Å². The summed E-state index contributed by atoms with van der Waals surface area (Å²) in [5.74, 6) is 0.771. The van der Waals surface area contributed by atoms with Crippen molar-refractivity contribution >= 4 is 5.95 Å². The zero-order chi connectivity index (χ0) is 15.2. The van der Waals surface area contributed by atoms with E-state index in [1.807, 2.05) is 19.4 Å². The first-order valence-electron chi connectivity index (χ1n) is 7.09. The first-order valence-corrected chi connectivity index (χ1v) is 7.09. The molecular formula is C15H28N4O. The van der Waals surface area contributed by atoms with Crippen LogP contribution in [-0.4, -0.2) is 43.3 Å².